The number of nitrogens with zero attached hydrogens (tertiary/aromatic N) is 2. The minimum absolute atomic E-state index is 0. The largest absolute Gasteiger partial charge is 0.620 e. The number of carbonyl (C=O) groups excluding carboxylic acids is 2. The van der Waals surface area contributed by atoms with E-state index in [4.69, 9.17) is 32.7 Å². The maximum Gasteiger partial charge on any atom is 0.422 e. The number of carbonyl (C=O) groups is 2. The molecule has 39 heavy (non-hydrogen) atoms. The first kappa shape index (κ1) is 31.1. The summed E-state index contributed by atoms with van der Waals surface area (Å²) in [6, 6.07) is 12.0. The van der Waals surface area contributed by atoms with E-state index in [1.807, 2.05) is 0 Å². The van der Waals surface area contributed by atoms with Crippen LogP contribution in [0.2, 0.25) is 10.0 Å². The van der Waals surface area contributed by atoms with Gasteiger partial charge in [0.05, 0.1) is 29.7 Å². The Kier molecular flexibility index (Phi) is 10.6. The van der Waals surface area contributed by atoms with Crippen LogP contribution in [0.1, 0.15) is 20.7 Å². The van der Waals surface area contributed by atoms with Crippen LogP contribution in [0.5, 0.6) is 5.75 Å². The Balaban J connectivity index is 0.00000420. The minimum atomic E-state index is -4.69. The fourth-order valence-electron chi connectivity index (χ4n) is 3.75. The molecular weight excluding hydrogens is 664 g/mol. The number of amides is 2. The van der Waals surface area contributed by atoms with Crippen molar-refractivity contribution in [2.24, 2.45) is 0 Å². The van der Waals surface area contributed by atoms with Gasteiger partial charge in [0.2, 0.25) is 0 Å². The van der Waals surface area contributed by atoms with Gasteiger partial charge >= 0.3 is 6.18 Å². The fraction of sp³-hybridized carbons (Fsp3) is 0.231. The predicted octanol–water partition coefficient (Wildman–Crippen LogP) is 7.06. The summed E-state index contributed by atoms with van der Waals surface area (Å²) >= 11 is 12.3. The van der Waals surface area contributed by atoms with Crippen molar-refractivity contribution in [2.45, 2.75) is 6.18 Å². The average molecular weight is 683 g/mol. The van der Waals surface area contributed by atoms with Crippen LogP contribution in [0.15, 0.2) is 54.6 Å². The van der Waals surface area contributed by atoms with Gasteiger partial charge in [0.15, 0.2) is 6.61 Å². The van der Waals surface area contributed by atoms with Crippen LogP contribution in [0.3, 0.4) is 0 Å². The van der Waals surface area contributed by atoms with Crippen LogP contribution in [0, 0.1) is 5.82 Å². The van der Waals surface area contributed by atoms with Crippen molar-refractivity contribution in [1.82, 2.24) is 4.90 Å². The predicted molar refractivity (Wildman–Crippen MR) is 134 cm³/mol. The van der Waals surface area contributed by atoms with Gasteiger partial charge in [-0.2, -0.15) is 13.2 Å². The second kappa shape index (κ2) is 13.3. The number of alkyl halides is 3. The summed E-state index contributed by atoms with van der Waals surface area (Å²) < 4.78 is 63.2. The molecule has 1 saturated heterocycles. The molecule has 0 unspecified atom stereocenters. The molecule has 3 aromatic carbocycles. The van der Waals surface area contributed by atoms with Gasteiger partial charge in [-0.05, 0) is 42.0 Å². The second-order valence-electron chi connectivity index (χ2n) is 8.20. The zero-order valence-corrected chi connectivity index (χ0v) is 25.8. The number of ether oxygens (including phenoxy) is 2. The van der Waals surface area contributed by atoms with Gasteiger partial charge in [-0.1, -0.05) is 47.1 Å². The third-order valence-electron chi connectivity index (χ3n) is 5.57. The fourth-order valence-corrected chi connectivity index (χ4v) is 4.22. The van der Waals surface area contributed by atoms with E-state index in [2.05, 4.69) is 5.32 Å². The Morgan fingerprint density at radius 3 is 2.38 bits per heavy atom. The number of rotatable bonds is 6. The molecule has 4 rings (SSSR count). The summed E-state index contributed by atoms with van der Waals surface area (Å²) in [7, 11) is 0. The van der Waals surface area contributed by atoms with Crippen LogP contribution in [-0.4, -0.2) is 55.8 Å². The minimum Gasteiger partial charge on any atom is -0.620 e. The first-order valence-corrected chi connectivity index (χ1v) is 12.0. The van der Waals surface area contributed by atoms with Gasteiger partial charge in [-0.3, -0.25) is 4.79 Å². The van der Waals surface area contributed by atoms with Crippen molar-refractivity contribution < 1.29 is 63.9 Å². The quantitative estimate of drug-likeness (QED) is 0.206. The molecule has 1 fully saturated rings. The van der Waals surface area contributed by atoms with E-state index in [0.717, 1.165) is 6.07 Å². The number of morpholine rings is 1. The summed E-state index contributed by atoms with van der Waals surface area (Å²) in [6.07, 6.45) is -4.69. The first-order chi connectivity index (χ1) is 18.0. The molecule has 3 aromatic rings. The van der Waals surface area contributed by atoms with E-state index in [9.17, 15) is 27.2 Å². The standard InChI is InChI=1S/C26H20Cl2F4N2O4.Cd/c27-18-6-4-16(25(36)34-8-10-37-11-9-34)12-17(18)15-5-7-21(22(13-15)38-14-26(30,31)32)33-24(35)23-19(28)2-1-3-20(23)29;/h1-7,12-13H,8-11,14H2,(H,33,35);/p-1. The number of hydrogen-bond donors (Lipinski definition) is 0. The average Bonchev–Trinajstić information content (AvgIpc) is 2.88. The zero-order chi connectivity index (χ0) is 27.4. The maximum absolute atomic E-state index is 14.2. The van der Waals surface area contributed by atoms with E-state index in [1.165, 1.54) is 42.5 Å². The summed E-state index contributed by atoms with van der Waals surface area (Å²) in [6.45, 7) is -0.0103. The molecule has 202 valence electrons. The van der Waals surface area contributed by atoms with E-state index in [-0.39, 0.29) is 48.9 Å². The monoisotopic (exact) mass is 683 g/mol. The zero-order valence-electron chi connectivity index (χ0n) is 20.2. The van der Waals surface area contributed by atoms with E-state index < -0.39 is 35.8 Å². The van der Waals surface area contributed by atoms with Gasteiger partial charge in [0, 0.05) is 56.5 Å². The smallest absolute Gasteiger partial charge is 0.422 e. The van der Waals surface area contributed by atoms with Crippen molar-refractivity contribution >= 4 is 40.7 Å². The van der Waals surface area contributed by atoms with Crippen molar-refractivity contribution in [1.29, 1.82) is 0 Å². The molecule has 13 heteroatoms. The van der Waals surface area contributed by atoms with Crippen LogP contribution in [-0.2, 0) is 32.0 Å². The number of hydrogen-bond acceptors (Lipinski definition) is 4. The van der Waals surface area contributed by atoms with Crippen molar-refractivity contribution in [3.63, 3.8) is 0 Å². The second-order valence-corrected chi connectivity index (χ2v) is 9.01. The van der Waals surface area contributed by atoms with Gasteiger partial charge < -0.3 is 24.5 Å². The summed E-state index contributed by atoms with van der Waals surface area (Å²) in [4.78, 5) is 27.2. The van der Waals surface area contributed by atoms with Crippen LogP contribution < -0.4 is 4.74 Å². The van der Waals surface area contributed by atoms with Gasteiger partial charge in [0.1, 0.15) is 11.6 Å². The van der Waals surface area contributed by atoms with Crippen LogP contribution >= 0.6 is 23.2 Å². The molecule has 0 bridgehead atoms. The molecule has 0 saturated carbocycles. The maximum atomic E-state index is 14.2. The van der Waals surface area contributed by atoms with Gasteiger partial charge in [-0.25, -0.2) is 4.39 Å². The third kappa shape index (κ3) is 7.83. The van der Waals surface area contributed by atoms with Crippen molar-refractivity contribution in [2.75, 3.05) is 32.9 Å². The topological polar surface area (TPSA) is 69.9 Å². The number of halogens is 6. The van der Waals surface area contributed by atoms with E-state index in [1.54, 1.807) is 11.0 Å². The Bertz CT molecular complexity index is 1350. The third-order valence-corrected chi connectivity index (χ3v) is 6.22. The molecule has 0 N–H and O–H groups in total. The first-order valence-electron chi connectivity index (χ1n) is 11.2. The molecule has 0 radical (unpaired) electrons. The summed E-state index contributed by atoms with van der Waals surface area (Å²) in [5, 5.41) is 3.77. The number of benzene rings is 3. The Hall–Kier alpha value is -2.42. The van der Waals surface area contributed by atoms with Crippen LogP contribution in [0.25, 0.3) is 16.4 Å². The van der Waals surface area contributed by atoms with Crippen LogP contribution in [0.4, 0.5) is 23.2 Å². The molecular formula is C26H19CdCl2F4N2O4-. The molecule has 0 aromatic heterocycles. The van der Waals surface area contributed by atoms with Crippen molar-refractivity contribution in [3.8, 4) is 16.9 Å². The molecule has 0 atom stereocenters. The normalized spacial score (nSPS) is 13.4. The van der Waals surface area contributed by atoms with E-state index in [0.29, 0.717) is 43.0 Å². The van der Waals surface area contributed by atoms with E-state index >= 15 is 0 Å². The Labute approximate surface area is 251 Å². The molecule has 0 spiro atoms. The molecule has 2 amide bonds. The van der Waals surface area contributed by atoms with Gasteiger partial charge in [-0.15, -0.1) is 0 Å². The molecule has 0 aliphatic carbocycles. The molecule has 1 heterocycles. The summed E-state index contributed by atoms with van der Waals surface area (Å²) in [5.41, 5.74) is 0.162. The summed E-state index contributed by atoms with van der Waals surface area (Å²) in [5.74, 6) is -2.69. The molecule has 6 nitrogen and oxygen atoms in total. The van der Waals surface area contributed by atoms with Gasteiger partial charge in [0.25, 0.3) is 5.91 Å². The SMILES string of the molecule is O=C([N-]c1ccc(-c2cc(C(=O)N3CCOCC3)ccc2Cl)cc1OCC(F)(F)F)c1c(F)cccc1Cl.[Cd]. The molecule has 1 aliphatic heterocycles. The Morgan fingerprint density at radius 1 is 1.00 bits per heavy atom. The molecule has 1 aliphatic rings. The Morgan fingerprint density at radius 2 is 1.72 bits per heavy atom. The van der Waals surface area contributed by atoms with Crippen molar-refractivity contribution in [3.05, 3.63) is 86.9 Å².